The van der Waals surface area contributed by atoms with Crippen LogP contribution in [0, 0.1) is 12.3 Å². The number of nitrogens with zero attached hydrogens (tertiary/aromatic N) is 2. The molecule has 0 radical (unpaired) electrons. The molecule has 33 heavy (non-hydrogen) atoms. The normalized spacial score (nSPS) is 16.2. The van der Waals surface area contributed by atoms with E-state index < -0.39 is 5.41 Å². The summed E-state index contributed by atoms with van der Waals surface area (Å²) in [6.45, 7) is 9.96. The molecule has 178 valence electrons. The molecule has 1 saturated heterocycles. The molecule has 6 nitrogen and oxygen atoms in total. The van der Waals surface area contributed by atoms with E-state index in [-0.39, 0.29) is 5.97 Å². The SMILES string of the molecule is COC(=O)C(C)(C)CC1=CCCc2c(OCCc3nc(N4CCOCC4)sc3C)cccc21. The Balaban J connectivity index is 1.42. The van der Waals surface area contributed by atoms with Crippen LogP contribution in [0.2, 0.25) is 0 Å². The number of ether oxygens (including phenoxy) is 3. The third-order valence-electron chi connectivity index (χ3n) is 6.39. The van der Waals surface area contributed by atoms with Crippen LogP contribution in [0.5, 0.6) is 5.75 Å². The number of carbonyl (C=O) groups excluding carboxylic acids is 1. The molecule has 4 rings (SSSR count). The molecule has 1 aromatic heterocycles. The molecule has 2 aromatic rings. The lowest BCUT2D eigenvalue weighted by Crippen LogP contribution is -2.36. The predicted molar refractivity (Wildman–Crippen MR) is 132 cm³/mol. The third-order valence-corrected chi connectivity index (χ3v) is 7.47. The van der Waals surface area contributed by atoms with Gasteiger partial charge in [0.1, 0.15) is 5.75 Å². The molecule has 2 aliphatic rings. The average Bonchev–Trinajstić information content (AvgIpc) is 3.19. The van der Waals surface area contributed by atoms with Crippen LogP contribution in [-0.2, 0) is 27.1 Å². The second-order valence-corrected chi connectivity index (χ2v) is 10.5. The minimum absolute atomic E-state index is 0.182. The van der Waals surface area contributed by atoms with E-state index in [1.54, 1.807) is 11.3 Å². The summed E-state index contributed by atoms with van der Waals surface area (Å²) in [5.41, 5.74) is 4.18. The number of thiazole rings is 1. The largest absolute Gasteiger partial charge is 0.493 e. The smallest absolute Gasteiger partial charge is 0.311 e. The molecule has 0 atom stereocenters. The van der Waals surface area contributed by atoms with Crippen molar-refractivity contribution in [2.75, 3.05) is 44.9 Å². The molecule has 0 N–H and O–H groups in total. The molecule has 2 heterocycles. The number of esters is 1. The number of hydrogen-bond donors (Lipinski definition) is 0. The summed E-state index contributed by atoms with van der Waals surface area (Å²) in [4.78, 5) is 20.7. The Morgan fingerprint density at radius 2 is 2.06 bits per heavy atom. The van der Waals surface area contributed by atoms with Gasteiger partial charge in [-0.25, -0.2) is 4.98 Å². The first-order valence-corrected chi connectivity index (χ1v) is 12.5. The molecule has 1 aliphatic carbocycles. The zero-order valence-corrected chi connectivity index (χ0v) is 20.9. The molecule has 1 aliphatic heterocycles. The predicted octanol–water partition coefficient (Wildman–Crippen LogP) is 4.83. The standard InChI is InChI=1S/C26H34N2O4S/c1-18-22(27-25(33-18)28-12-15-31-16-13-28)11-14-32-23-10-6-8-20-19(7-5-9-21(20)23)17-26(2,3)24(29)30-4/h6-8,10H,5,9,11-17H2,1-4H3. The van der Waals surface area contributed by atoms with Crippen LogP contribution in [0.25, 0.3) is 5.57 Å². The Hall–Kier alpha value is -2.38. The first-order chi connectivity index (χ1) is 15.9. The van der Waals surface area contributed by atoms with Crippen LogP contribution < -0.4 is 9.64 Å². The molecular weight excluding hydrogens is 436 g/mol. The minimum atomic E-state index is -0.563. The summed E-state index contributed by atoms with van der Waals surface area (Å²) >= 11 is 1.76. The van der Waals surface area contributed by atoms with E-state index in [4.69, 9.17) is 19.2 Å². The first-order valence-electron chi connectivity index (χ1n) is 11.7. The van der Waals surface area contributed by atoms with Crippen LogP contribution in [0.3, 0.4) is 0 Å². The Bertz CT molecular complexity index is 1020. The fourth-order valence-corrected chi connectivity index (χ4v) is 5.55. The van der Waals surface area contributed by atoms with Gasteiger partial charge in [-0.2, -0.15) is 0 Å². The number of aryl methyl sites for hydroxylation is 1. The second kappa shape index (κ2) is 10.3. The molecule has 7 heteroatoms. The number of aromatic nitrogens is 1. The maximum absolute atomic E-state index is 12.2. The molecule has 0 saturated carbocycles. The van der Waals surface area contributed by atoms with Gasteiger partial charge in [-0.05, 0) is 57.2 Å². The lowest BCUT2D eigenvalue weighted by atomic mass is 9.79. The number of methoxy groups -OCH3 is 1. The number of rotatable bonds is 8. The molecule has 0 bridgehead atoms. The van der Waals surface area contributed by atoms with Gasteiger partial charge in [0.2, 0.25) is 0 Å². The van der Waals surface area contributed by atoms with Gasteiger partial charge < -0.3 is 19.1 Å². The van der Waals surface area contributed by atoms with Gasteiger partial charge in [-0.15, -0.1) is 11.3 Å². The van der Waals surface area contributed by atoms with Crippen LogP contribution in [-0.4, -0.2) is 51.0 Å². The van der Waals surface area contributed by atoms with Crippen molar-refractivity contribution in [3.63, 3.8) is 0 Å². The maximum Gasteiger partial charge on any atom is 0.311 e. The lowest BCUT2D eigenvalue weighted by molar-refractivity contribution is -0.150. The number of hydrogen-bond acceptors (Lipinski definition) is 7. The maximum atomic E-state index is 12.2. The van der Waals surface area contributed by atoms with E-state index in [9.17, 15) is 4.79 Å². The van der Waals surface area contributed by atoms with E-state index in [0.29, 0.717) is 13.0 Å². The lowest BCUT2D eigenvalue weighted by Gasteiger charge is -2.27. The number of allylic oxidation sites excluding steroid dienone is 2. The molecular formula is C26H34N2O4S. The fraction of sp³-hybridized carbons (Fsp3) is 0.538. The second-order valence-electron chi connectivity index (χ2n) is 9.30. The summed E-state index contributed by atoms with van der Waals surface area (Å²) in [6, 6.07) is 6.24. The number of morpholine rings is 1. The van der Waals surface area contributed by atoms with E-state index in [2.05, 4.69) is 30.0 Å². The summed E-state index contributed by atoms with van der Waals surface area (Å²) in [5, 5.41) is 1.09. The monoisotopic (exact) mass is 470 g/mol. The van der Waals surface area contributed by atoms with Gasteiger partial charge in [-0.3, -0.25) is 4.79 Å². The Morgan fingerprint density at radius 1 is 1.27 bits per heavy atom. The van der Waals surface area contributed by atoms with Crippen molar-refractivity contribution in [2.24, 2.45) is 5.41 Å². The highest BCUT2D eigenvalue weighted by molar-refractivity contribution is 7.15. The number of fused-ring (bicyclic) bond motifs is 1. The molecule has 0 spiro atoms. The van der Waals surface area contributed by atoms with Gasteiger partial charge in [-0.1, -0.05) is 18.2 Å². The van der Waals surface area contributed by atoms with Gasteiger partial charge in [0, 0.05) is 30.0 Å². The van der Waals surface area contributed by atoms with Gasteiger partial charge in [0.25, 0.3) is 0 Å². The van der Waals surface area contributed by atoms with Crippen LogP contribution in [0.1, 0.15) is 48.4 Å². The minimum Gasteiger partial charge on any atom is -0.493 e. The van der Waals surface area contributed by atoms with Crippen molar-refractivity contribution in [1.29, 1.82) is 0 Å². The zero-order chi connectivity index (χ0) is 23.4. The van der Waals surface area contributed by atoms with E-state index in [0.717, 1.165) is 62.1 Å². The topological polar surface area (TPSA) is 60.9 Å². The quantitative estimate of drug-likeness (QED) is 0.515. The van der Waals surface area contributed by atoms with Gasteiger partial charge in [0.15, 0.2) is 5.13 Å². The highest BCUT2D eigenvalue weighted by Crippen LogP contribution is 2.39. The zero-order valence-electron chi connectivity index (χ0n) is 20.1. The van der Waals surface area contributed by atoms with Crippen molar-refractivity contribution in [2.45, 2.75) is 46.5 Å². The molecule has 0 amide bonds. The van der Waals surface area contributed by atoms with Crippen LogP contribution in [0.15, 0.2) is 24.3 Å². The summed E-state index contributed by atoms with van der Waals surface area (Å²) in [7, 11) is 1.45. The number of carbonyl (C=O) groups is 1. The molecule has 1 fully saturated rings. The van der Waals surface area contributed by atoms with E-state index in [1.165, 1.54) is 28.7 Å². The third kappa shape index (κ3) is 5.41. The fourth-order valence-electron chi connectivity index (χ4n) is 4.54. The Kier molecular flexibility index (Phi) is 7.39. The highest BCUT2D eigenvalue weighted by atomic mass is 32.1. The first kappa shape index (κ1) is 23.8. The van der Waals surface area contributed by atoms with Crippen LogP contribution in [0.4, 0.5) is 5.13 Å². The number of benzene rings is 1. The number of anilines is 1. The van der Waals surface area contributed by atoms with Crippen molar-refractivity contribution in [3.8, 4) is 5.75 Å². The highest BCUT2D eigenvalue weighted by Gasteiger charge is 2.31. The van der Waals surface area contributed by atoms with Crippen molar-refractivity contribution in [3.05, 3.63) is 46.0 Å². The van der Waals surface area contributed by atoms with Gasteiger partial charge in [0.05, 0.1) is 38.0 Å². The van der Waals surface area contributed by atoms with Crippen molar-refractivity contribution < 1.29 is 19.0 Å². The van der Waals surface area contributed by atoms with Gasteiger partial charge >= 0.3 is 5.97 Å². The molecule has 0 unspecified atom stereocenters. The van der Waals surface area contributed by atoms with E-state index >= 15 is 0 Å². The van der Waals surface area contributed by atoms with E-state index in [1.807, 2.05) is 19.9 Å². The summed E-state index contributed by atoms with van der Waals surface area (Å²) in [6.07, 6.45) is 5.59. The van der Waals surface area contributed by atoms with Crippen molar-refractivity contribution in [1.82, 2.24) is 4.98 Å². The average molecular weight is 471 g/mol. The summed E-state index contributed by atoms with van der Waals surface area (Å²) < 4.78 is 16.7. The van der Waals surface area contributed by atoms with Crippen LogP contribution >= 0.6 is 11.3 Å². The molecule has 1 aromatic carbocycles. The summed E-state index contributed by atoms with van der Waals surface area (Å²) in [5.74, 6) is 0.758. The Morgan fingerprint density at radius 3 is 2.82 bits per heavy atom. The Labute approximate surface area is 200 Å². The van der Waals surface area contributed by atoms with Crippen molar-refractivity contribution >= 4 is 28.0 Å².